The van der Waals surface area contributed by atoms with E-state index in [9.17, 15) is 18.0 Å². The average molecular weight is 447 g/mol. The Bertz CT molecular complexity index is 972. The fourth-order valence-corrected chi connectivity index (χ4v) is 4.53. The van der Waals surface area contributed by atoms with Gasteiger partial charge in [-0.15, -0.1) is 0 Å². The molecule has 0 radical (unpaired) electrons. The molecule has 0 aliphatic rings. The fourth-order valence-electron chi connectivity index (χ4n) is 3.06. The van der Waals surface area contributed by atoms with Crippen LogP contribution in [0, 0.1) is 5.41 Å². The highest BCUT2D eigenvalue weighted by atomic mass is 28.3. The fraction of sp³-hybridized carbons (Fsp3) is 0.423. The standard InChI is InChI=1S/C26H33F3OSi/c1-24(2,3)23(30)20-15-14-19(26(27,28)29)16-21(20)22(18-12-10-9-11-13-18)17-31(7,8)25(4,5)6/h9-17H,1-8H3/b22-17+. The van der Waals surface area contributed by atoms with Crippen LogP contribution in [0.4, 0.5) is 13.2 Å². The zero-order valence-electron chi connectivity index (χ0n) is 19.7. The predicted octanol–water partition coefficient (Wildman–Crippen LogP) is 8.41. The largest absolute Gasteiger partial charge is 0.416 e. The monoisotopic (exact) mass is 446 g/mol. The van der Waals surface area contributed by atoms with Crippen molar-refractivity contribution in [1.82, 2.24) is 0 Å². The van der Waals surface area contributed by atoms with Gasteiger partial charge >= 0.3 is 6.18 Å². The number of Topliss-reactive ketones (excluding diaryl/α,β-unsaturated/α-hetero) is 1. The summed E-state index contributed by atoms with van der Waals surface area (Å²) in [5.41, 5.74) is 2.88. The van der Waals surface area contributed by atoms with Gasteiger partial charge in [0.2, 0.25) is 0 Å². The van der Waals surface area contributed by atoms with Gasteiger partial charge in [-0.3, -0.25) is 4.79 Å². The molecular weight excluding hydrogens is 413 g/mol. The van der Waals surface area contributed by atoms with Crippen molar-refractivity contribution in [1.29, 1.82) is 0 Å². The van der Waals surface area contributed by atoms with Crippen molar-refractivity contribution >= 4 is 19.4 Å². The lowest BCUT2D eigenvalue weighted by Crippen LogP contribution is -2.35. The first-order valence-electron chi connectivity index (χ1n) is 10.5. The molecular formula is C26H33F3OSi. The SMILES string of the molecule is CC(C)(C)C(=O)c1ccc(C(F)(F)F)cc1/C(=C/[Si](C)(C)C(C)(C)C)c1ccccc1. The van der Waals surface area contributed by atoms with Gasteiger partial charge in [0.15, 0.2) is 5.78 Å². The Labute approximate surface area is 185 Å². The Morgan fingerprint density at radius 1 is 0.839 bits per heavy atom. The number of carbonyl (C=O) groups excluding carboxylic acids is 1. The minimum absolute atomic E-state index is 0.0110. The molecule has 0 amide bonds. The molecule has 0 heterocycles. The molecule has 0 aliphatic heterocycles. The van der Waals surface area contributed by atoms with Gasteiger partial charge in [-0.2, -0.15) is 13.2 Å². The number of alkyl halides is 3. The van der Waals surface area contributed by atoms with Crippen LogP contribution in [0.2, 0.25) is 18.1 Å². The lowest BCUT2D eigenvalue weighted by Gasteiger charge is -2.35. The number of hydrogen-bond acceptors (Lipinski definition) is 1. The van der Waals surface area contributed by atoms with Crippen molar-refractivity contribution in [2.24, 2.45) is 5.41 Å². The second-order valence-electron chi connectivity index (χ2n) is 10.7. The maximum Gasteiger partial charge on any atom is 0.416 e. The smallest absolute Gasteiger partial charge is 0.294 e. The second kappa shape index (κ2) is 8.42. The van der Waals surface area contributed by atoms with Gasteiger partial charge in [0.1, 0.15) is 0 Å². The summed E-state index contributed by atoms with van der Waals surface area (Å²) in [6.07, 6.45) is -4.49. The van der Waals surface area contributed by atoms with E-state index in [1.807, 2.05) is 30.3 Å². The molecule has 2 rings (SSSR count). The van der Waals surface area contributed by atoms with Crippen LogP contribution in [-0.2, 0) is 6.18 Å². The van der Waals surface area contributed by atoms with Crippen molar-refractivity contribution < 1.29 is 18.0 Å². The second-order valence-corrected chi connectivity index (χ2v) is 16.0. The van der Waals surface area contributed by atoms with Gasteiger partial charge in [0.05, 0.1) is 13.6 Å². The third kappa shape index (κ3) is 5.76. The van der Waals surface area contributed by atoms with E-state index in [1.54, 1.807) is 20.8 Å². The first-order chi connectivity index (χ1) is 13.9. The number of carbonyl (C=O) groups is 1. The van der Waals surface area contributed by atoms with Crippen molar-refractivity contribution in [2.75, 3.05) is 0 Å². The summed E-state index contributed by atoms with van der Waals surface area (Å²) in [6.45, 7) is 16.2. The highest BCUT2D eigenvalue weighted by Crippen LogP contribution is 2.42. The highest BCUT2D eigenvalue weighted by molar-refractivity contribution is 6.85. The number of rotatable bonds is 4. The van der Waals surface area contributed by atoms with Crippen molar-refractivity contribution in [3.05, 3.63) is 76.5 Å². The van der Waals surface area contributed by atoms with Crippen molar-refractivity contribution in [3.8, 4) is 0 Å². The van der Waals surface area contributed by atoms with E-state index in [1.165, 1.54) is 6.07 Å². The summed E-state index contributed by atoms with van der Waals surface area (Å²) >= 11 is 0. The maximum absolute atomic E-state index is 13.6. The molecule has 0 N–H and O–H groups in total. The normalized spacial score (nSPS) is 14.0. The van der Waals surface area contributed by atoms with Gasteiger partial charge in [0, 0.05) is 11.0 Å². The number of benzene rings is 2. The van der Waals surface area contributed by atoms with Crippen LogP contribution in [0.5, 0.6) is 0 Å². The molecule has 0 saturated carbocycles. The zero-order chi connectivity index (χ0) is 23.8. The summed E-state index contributed by atoms with van der Waals surface area (Å²) < 4.78 is 40.9. The van der Waals surface area contributed by atoms with Crippen LogP contribution < -0.4 is 0 Å². The van der Waals surface area contributed by atoms with Gasteiger partial charge in [-0.1, -0.05) is 96.7 Å². The lowest BCUT2D eigenvalue weighted by atomic mass is 9.82. The number of hydrogen-bond donors (Lipinski definition) is 0. The number of ketones is 1. The molecule has 0 fully saturated rings. The van der Waals surface area contributed by atoms with Crippen LogP contribution in [0.1, 0.15) is 68.6 Å². The van der Waals surface area contributed by atoms with E-state index in [2.05, 4.69) is 39.6 Å². The minimum atomic E-state index is -4.49. The molecule has 0 spiro atoms. The van der Waals surface area contributed by atoms with E-state index in [4.69, 9.17) is 0 Å². The van der Waals surface area contributed by atoms with E-state index in [0.717, 1.165) is 17.7 Å². The Hall–Kier alpha value is -2.14. The molecule has 168 valence electrons. The average Bonchev–Trinajstić information content (AvgIpc) is 2.63. The van der Waals surface area contributed by atoms with Crippen LogP contribution >= 0.6 is 0 Å². The number of halogens is 3. The Balaban J connectivity index is 2.94. The summed E-state index contributed by atoms with van der Waals surface area (Å²) in [4.78, 5) is 13.2. The van der Waals surface area contributed by atoms with Crippen molar-refractivity contribution in [3.63, 3.8) is 0 Å². The molecule has 0 atom stereocenters. The quantitative estimate of drug-likeness (QED) is 0.340. The van der Waals surface area contributed by atoms with Gasteiger partial charge in [-0.25, -0.2) is 0 Å². The molecule has 5 heteroatoms. The van der Waals surface area contributed by atoms with Gasteiger partial charge < -0.3 is 0 Å². The molecule has 0 bridgehead atoms. The van der Waals surface area contributed by atoms with Crippen LogP contribution in [0.3, 0.4) is 0 Å². The third-order valence-corrected chi connectivity index (χ3v) is 11.0. The van der Waals surface area contributed by atoms with E-state index in [0.29, 0.717) is 16.7 Å². The van der Waals surface area contributed by atoms with E-state index in [-0.39, 0.29) is 10.8 Å². The minimum Gasteiger partial charge on any atom is -0.294 e. The first-order valence-corrected chi connectivity index (χ1v) is 13.6. The summed E-state index contributed by atoms with van der Waals surface area (Å²) in [5.74, 6) is -0.173. The molecule has 0 unspecified atom stereocenters. The summed E-state index contributed by atoms with van der Waals surface area (Å²) in [7, 11) is -2.06. The maximum atomic E-state index is 13.6. The first kappa shape index (κ1) is 25.1. The molecule has 0 saturated heterocycles. The predicted molar refractivity (Wildman–Crippen MR) is 126 cm³/mol. The topological polar surface area (TPSA) is 17.1 Å². The van der Waals surface area contributed by atoms with Crippen LogP contribution in [-0.4, -0.2) is 13.9 Å². The van der Waals surface area contributed by atoms with Gasteiger partial charge in [0.25, 0.3) is 0 Å². The van der Waals surface area contributed by atoms with E-state index < -0.39 is 25.2 Å². The third-order valence-electron chi connectivity index (χ3n) is 6.09. The Kier molecular flexibility index (Phi) is 6.82. The van der Waals surface area contributed by atoms with Crippen LogP contribution in [0.25, 0.3) is 5.57 Å². The van der Waals surface area contributed by atoms with E-state index >= 15 is 0 Å². The highest BCUT2D eigenvalue weighted by Gasteiger charge is 2.36. The summed E-state index contributed by atoms with van der Waals surface area (Å²) in [5, 5.41) is -0.0110. The van der Waals surface area contributed by atoms with Crippen LogP contribution in [0.15, 0.2) is 54.2 Å². The van der Waals surface area contributed by atoms with Crippen molar-refractivity contribution in [2.45, 2.75) is 65.9 Å². The summed E-state index contributed by atoms with van der Waals surface area (Å²) in [6, 6.07) is 12.9. The molecule has 31 heavy (non-hydrogen) atoms. The molecule has 1 nitrogen and oxygen atoms in total. The molecule has 2 aromatic carbocycles. The molecule has 0 aliphatic carbocycles. The Morgan fingerprint density at radius 3 is 1.84 bits per heavy atom. The molecule has 2 aromatic rings. The van der Waals surface area contributed by atoms with Gasteiger partial charge in [-0.05, 0) is 33.9 Å². The Morgan fingerprint density at radius 2 is 1.39 bits per heavy atom. The molecule has 0 aromatic heterocycles. The lowest BCUT2D eigenvalue weighted by molar-refractivity contribution is -0.137. The zero-order valence-corrected chi connectivity index (χ0v) is 20.7.